The zero-order valence-electron chi connectivity index (χ0n) is 19.1. The summed E-state index contributed by atoms with van der Waals surface area (Å²) in [6.07, 6.45) is 4.64. The highest BCUT2D eigenvalue weighted by Crippen LogP contribution is 2.26. The highest BCUT2D eigenvalue weighted by molar-refractivity contribution is 5.79. The molecule has 3 saturated heterocycles. The third-order valence-electron chi connectivity index (χ3n) is 7.74. The zero-order valence-corrected chi connectivity index (χ0v) is 19.1. The number of piperazine rings is 1. The van der Waals surface area contributed by atoms with Crippen molar-refractivity contribution in [3.8, 4) is 0 Å². The lowest BCUT2D eigenvalue weighted by atomic mass is 9.92. The van der Waals surface area contributed by atoms with Gasteiger partial charge in [0.15, 0.2) is 0 Å². The largest absolute Gasteiger partial charge is 0.340 e. The van der Waals surface area contributed by atoms with Gasteiger partial charge in [-0.2, -0.15) is 0 Å². The number of rotatable bonds is 5. The highest BCUT2D eigenvalue weighted by Gasteiger charge is 2.33. The number of amides is 1. The average molecular weight is 413 g/mol. The minimum Gasteiger partial charge on any atom is -0.340 e. The summed E-state index contributed by atoms with van der Waals surface area (Å²) in [5.41, 5.74) is 2.87. The topological polar surface area (TPSA) is 30.0 Å². The van der Waals surface area contributed by atoms with Gasteiger partial charge >= 0.3 is 0 Å². The molecule has 0 aromatic heterocycles. The molecule has 3 heterocycles. The number of carbonyl (C=O) groups excluding carboxylic acids is 1. The van der Waals surface area contributed by atoms with E-state index in [4.69, 9.17) is 0 Å². The molecule has 166 valence electrons. The van der Waals surface area contributed by atoms with E-state index in [1.807, 2.05) is 0 Å². The molecule has 0 N–H and O–H groups in total. The lowest BCUT2D eigenvalue weighted by Crippen LogP contribution is -2.52. The van der Waals surface area contributed by atoms with Crippen LogP contribution < -0.4 is 0 Å². The second kappa shape index (κ2) is 10.3. The molecule has 1 amide bonds. The smallest absolute Gasteiger partial charge is 0.225 e. The fourth-order valence-corrected chi connectivity index (χ4v) is 5.53. The van der Waals surface area contributed by atoms with Gasteiger partial charge in [0.1, 0.15) is 0 Å². The van der Waals surface area contributed by atoms with Crippen LogP contribution >= 0.6 is 0 Å². The number of benzene rings is 1. The molecule has 0 spiro atoms. The van der Waals surface area contributed by atoms with Crippen molar-refractivity contribution in [2.45, 2.75) is 52.1 Å². The Morgan fingerprint density at radius 1 is 0.867 bits per heavy atom. The van der Waals surface area contributed by atoms with Crippen LogP contribution in [0.1, 0.15) is 43.7 Å². The minimum absolute atomic E-state index is 0.260. The van der Waals surface area contributed by atoms with E-state index in [1.54, 1.807) is 0 Å². The molecule has 5 heteroatoms. The summed E-state index contributed by atoms with van der Waals surface area (Å²) in [4.78, 5) is 22.8. The zero-order chi connectivity index (χ0) is 20.9. The number of nitrogens with zero attached hydrogens (tertiary/aromatic N) is 4. The van der Waals surface area contributed by atoms with Crippen molar-refractivity contribution in [1.82, 2.24) is 19.6 Å². The number of piperidine rings is 2. The van der Waals surface area contributed by atoms with Crippen molar-refractivity contribution in [2.75, 3.05) is 58.9 Å². The molecule has 0 atom stereocenters. The molecule has 0 saturated carbocycles. The maximum atomic E-state index is 13.0. The molecular weight excluding hydrogens is 372 g/mol. The Balaban J connectivity index is 1.19. The maximum Gasteiger partial charge on any atom is 0.225 e. The molecule has 1 aromatic rings. The third-order valence-corrected chi connectivity index (χ3v) is 7.74. The first kappa shape index (κ1) is 21.8. The first-order valence-electron chi connectivity index (χ1n) is 12.2. The molecule has 3 aliphatic heterocycles. The summed E-state index contributed by atoms with van der Waals surface area (Å²) in [5, 5.41) is 0. The molecule has 30 heavy (non-hydrogen) atoms. The maximum absolute atomic E-state index is 13.0. The van der Waals surface area contributed by atoms with E-state index in [0.717, 1.165) is 65.2 Å². The van der Waals surface area contributed by atoms with Crippen LogP contribution in [-0.2, 0) is 11.3 Å². The first-order valence-corrected chi connectivity index (χ1v) is 12.2. The molecule has 3 aliphatic rings. The predicted octanol–water partition coefficient (Wildman–Crippen LogP) is 2.84. The highest BCUT2D eigenvalue weighted by atomic mass is 16.2. The van der Waals surface area contributed by atoms with Gasteiger partial charge in [-0.25, -0.2) is 0 Å². The van der Waals surface area contributed by atoms with E-state index in [1.165, 1.54) is 37.1 Å². The summed E-state index contributed by atoms with van der Waals surface area (Å²) in [5.74, 6) is 0.689. The van der Waals surface area contributed by atoms with Crippen LogP contribution in [0.4, 0.5) is 0 Å². The van der Waals surface area contributed by atoms with Gasteiger partial charge in [-0.05, 0) is 76.5 Å². The molecule has 4 rings (SSSR count). The molecule has 0 radical (unpaired) electrons. The van der Waals surface area contributed by atoms with E-state index in [9.17, 15) is 4.79 Å². The Morgan fingerprint density at radius 3 is 2.17 bits per heavy atom. The van der Waals surface area contributed by atoms with Crippen molar-refractivity contribution in [1.29, 1.82) is 0 Å². The van der Waals surface area contributed by atoms with Crippen molar-refractivity contribution in [3.05, 3.63) is 35.4 Å². The van der Waals surface area contributed by atoms with Gasteiger partial charge in [-0.15, -0.1) is 0 Å². The number of carbonyl (C=O) groups is 1. The number of likely N-dealkylation sites (N-methyl/N-ethyl adjacent to an activating group) is 1. The van der Waals surface area contributed by atoms with E-state index in [-0.39, 0.29) is 5.92 Å². The molecular formula is C25H40N4O. The molecule has 5 nitrogen and oxygen atoms in total. The predicted molar refractivity (Wildman–Crippen MR) is 122 cm³/mol. The Bertz CT molecular complexity index is 684. The van der Waals surface area contributed by atoms with Crippen molar-refractivity contribution < 1.29 is 4.79 Å². The van der Waals surface area contributed by atoms with Crippen LogP contribution in [-0.4, -0.2) is 90.5 Å². The van der Waals surface area contributed by atoms with E-state index in [0.29, 0.717) is 11.9 Å². The first-order chi connectivity index (χ1) is 14.6. The third kappa shape index (κ3) is 5.24. The van der Waals surface area contributed by atoms with Crippen LogP contribution in [0.25, 0.3) is 0 Å². The lowest BCUT2D eigenvalue weighted by Gasteiger charge is -2.43. The van der Waals surface area contributed by atoms with Crippen molar-refractivity contribution >= 4 is 5.91 Å². The van der Waals surface area contributed by atoms with E-state index < -0.39 is 0 Å². The average Bonchev–Trinajstić information content (AvgIpc) is 2.81. The number of aryl methyl sites for hydroxylation is 1. The quantitative estimate of drug-likeness (QED) is 0.744. The minimum atomic E-state index is 0.260. The van der Waals surface area contributed by atoms with Gasteiger partial charge < -0.3 is 14.7 Å². The Kier molecular flexibility index (Phi) is 7.45. The van der Waals surface area contributed by atoms with Crippen LogP contribution in [0.3, 0.4) is 0 Å². The van der Waals surface area contributed by atoms with Crippen molar-refractivity contribution in [2.24, 2.45) is 5.92 Å². The second-order valence-corrected chi connectivity index (χ2v) is 9.50. The Morgan fingerprint density at radius 2 is 1.53 bits per heavy atom. The van der Waals surface area contributed by atoms with Gasteiger partial charge in [0, 0.05) is 44.7 Å². The van der Waals surface area contributed by atoms with Gasteiger partial charge in [-0.1, -0.05) is 31.2 Å². The SMILES string of the molecule is CCN1CCN(C(=O)C2CCN(C3CCN(Cc4ccccc4C)CC3)CC2)CC1. The Hall–Kier alpha value is -1.43. The fraction of sp³-hybridized carbons (Fsp3) is 0.720. The molecule has 3 fully saturated rings. The van der Waals surface area contributed by atoms with E-state index in [2.05, 4.69) is 57.7 Å². The van der Waals surface area contributed by atoms with Crippen molar-refractivity contribution in [3.63, 3.8) is 0 Å². The van der Waals surface area contributed by atoms with Gasteiger partial charge in [-0.3, -0.25) is 9.69 Å². The summed E-state index contributed by atoms with van der Waals surface area (Å²) in [6.45, 7) is 15.1. The number of likely N-dealkylation sites (tertiary alicyclic amines) is 2. The number of hydrogen-bond donors (Lipinski definition) is 0. The normalized spacial score (nSPS) is 23.7. The van der Waals surface area contributed by atoms with Gasteiger partial charge in [0.25, 0.3) is 0 Å². The molecule has 0 bridgehead atoms. The molecule has 0 aliphatic carbocycles. The van der Waals surface area contributed by atoms with Crippen LogP contribution in [0.15, 0.2) is 24.3 Å². The van der Waals surface area contributed by atoms with Gasteiger partial charge in [0.05, 0.1) is 0 Å². The second-order valence-electron chi connectivity index (χ2n) is 9.50. The van der Waals surface area contributed by atoms with Crippen LogP contribution in [0, 0.1) is 12.8 Å². The lowest BCUT2D eigenvalue weighted by molar-refractivity contribution is -0.139. The monoisotopic (exact) mass is 412 g/mol. The summed E-state index contributed by atoms with van der Waals surface area (Å²) >= 11 is 0. The fourth-order valence-electron chi connectivity index (χ4n) is 5.53. The molecule has 1 aromatic carbocycles. The summed E-state index contributed by atoms with van der Waals surface area (Å²) in [6, 6.07) is 9.49. The van der Waals surface area contributed by atoms with Crippen LogP contribution in [0.2, 0.25) is 0 Å². The Labute approximate surface area is 183 Å². The standard InChI is InChI=1S/C25H40N4O/c1-3-26-16-18-29(19-17-26)25(30)22-8-14-28(15-9-22)24-10-12-27(13-11-24)20-23-7-5-4-6-21(23)2/h4-7,22,24H,3,8-20H2,1-2H3. The summed E-state index contributed by atoms with van der Waals surface area (Å²) < 4.78 is 0. The molecule has 0 unspecified atom stereocenters. The van der Waals surface area contributed by atoms with Crippen LogP contribution in [0.5, 0.6) is 0 Å². The summed E-state index contributed by atoms with van der Waals surface area (Å²) in [7, 11) is 0. The van der Waals surface area contributed by atoms with Gasteiger partial charge in [0.2, 0.25) is 5.91 Å². The number of hydrogen-bond acceptors (Lipinski definition) is 4. The van der Waals surface area contributed by atoms with E-state index >= 15 is 0 Å².